The molecule has 0 saturated carbocycles. The first-order valence-corrected chi connectivity index (χ1v) is 6.40. The molecule has 1 aromatic heterocycles. The van der Waals surface area contributed by atoms with Crippen molar-refractivity contribution < 1.29 is 19.0 Å². The van der Waals surface area contributed by atoms with Gasteiger partial charge in [-0.25, -0.2) is 4.79 Å². The van der Waals surface area contributed by atoms with E-state index in [-0.39, 0.29) is 12.2 Å². The number of hydrogen-bond donors (Lipinski definition) is 1. The van der Waals surface area contributed by atoms with Crippen LogP contribution in [0.4, 0.5) is 0 Å². The predicted octanol–water partition coefficient (Wildman–Crippen LogP) is 2.01. The second-order valence-corrected chi connectivity index (χ2v) is 5.49. The van der Waals surface area contributed by atoms with Gasteiger partial charge in [-0.2, -0.15) is 0 Å². The van der Waals surface area contributed by atoms with E-state index in [1.807, 2.05) is 6.07 Å². The van der Waals surface area contributed by atoms with Gasteiger partial charge in [0.15, 0.2) is 0 Å². The van der Waals surface area contributed by atoms with Crippen molar-refractivity contribution in [2.45, 2.75) is 31.7 Å². The van der Waals surface area contributed by atoms with Gasteiger partial charge in [-0.15, -0.1) is 0 Å². The summed E-state index contributed by atoms with van der Waals surface area (Å²) in [5.74, 6) is 0.587. The first kappa shape index (κ1) is 13.1. The molecule has 0 bridgehead atoms. The molecule has 1 N–H and O–H groups in total. The fraction of sp³-hybridized carbons (Fsp3) is 0.400. The van der Waals surface area contributed by atoms with E-state index in [9.17, 15) is 9.90 Å². The van der Waals surface area contributed by atoms with Gasteiger partial charge in [-0.3, -0.25) is 0 Å². The lowest BCUT2D eigenvalue weighted by molar-refractivity contribution is 0.0482. The topological polar surface area (TPSA) is 72.2 Å². The third-order valence-corrected chi connectivity index (χ3v) is 3.48. The molecule has 3 rings (SSSR count). The summed E-state index contributed by atoms with van der Waals surface area (Å²) in [6, 6.07) is 6.70. The molecule has 20 heavy (non-hydrogen) atoms. The average Bonchev–Trinajstić information content (AvgIpc) is 3.17. The molecule has 5 heteroatoms. The standard InChI is InChI=1S/C15H16O5/c1-15(2,17)14-13(20-14)11-9(18-3)6-4-8-5-7-10(16)19-12(8)11/h4-7,13-14,17H,1-3H3/t13-,14-/m0/s1. The van der Waals surface area contributed by atoms with Crippen LogP contribution in [0.25, 0.3) is 11.0 Å². The third-order valence-electron chi connectivity index (χ3n) is 3.48. The van der Waals surface area contributed by atoms with Gasteiger partial charge in [0.1, 0.15) is 23.5 Å². The molecule has 0 amide bonds. The minimum Gasteiger partial charge on any atom is -0.496 e. The predicted molar refractivity (Wildman–Crippen MR) is 72.9 cm³/mol. The second-order valence-electron chi connectivity index (χ2n) is 5.49. The first-order chi connectivity index (χ1) is 9.41. The van der Waals surface area contributed by atoms with Crippen LogP contribution in [0.1, 0.15) is 25.5 Å². The fourth-order valence-corrected chi connectivity index (χ4v) is 2.45. The molecule has 1 aliphatic heterocycles. The summed E-state index contributed by atoms with van der Waals surface area (Å²) in [5, 5.41) is 10.8. The lowest BCUT2D eigenvalue weighted by Crippen LogP contribution is -2.26. The van der Waals surface area contributed by atoms with Gasteiger partial charge >= 0.3 is 5.63 Å². The number of benzene rings is 1. The van der Waals surface area contributed by atoms with E-state index in [0.29, 0.717) is 16.9 Å². The van der Waals surface area contributed by atoms with Crippen molar-refractivity contribution in [3.63, 3.8) is 0 Å². The Morgan fingerprint density at radius 3 is 2.55 bits per heavy atom. The van der Waals surface area contributed by atoms with Crippen molar-refractivity contribution in [2.24, 2.45) is 0 Å². The molecular weight excluding hydrogens is 260 g/mol. The van der Waals surface area contributed by atoms with E-state index in [4.69, 9.17) is 13.9 Å². The maximum absolute atomic E-state index is 11.5. The number of epoxide rings is 1. The van der Waals surface area contributed by atoms with Crippen LogP contribution in [0.15, 0.2) is 33.5 Å². The molecule has 1 aromatic carbocycles. The van der Waals surface area contributed by atoms with Gasteiger partial charge in [-0.1, -0.05) is 0 Å². The quantitative estimate of drug-likeness (QED) is 0.686. The van der Waals surface area contributed by atoms with Crippen molar-refractivity contribution in [1.82, 2.24) is 0 Å². The Morgan fingerprint density at radius 1 is 1.25 bits per heavy atom. The SMILES string of the molecule is COc1ccc2ccc(=O)oc2c1[C@@H]1O[C@@H]1C(C)(C)O. The highest BCUT2D eigenvalue weighted by atomic mass is 16.6. The zero-order chi connectivity index (χ0) is 14.5. The molecule has 5 nitrogen and oxygen atoms in total. The van der Waals surface area contributed by atoms with Crippen LogP contribution in [0.3, 0.4) is 0 Å². The smallest absolute Gasteiger partial charge is 0.336 e. The molecule has 1 saturated heterocycles. The molecule has 2 aromatic rings. The summed E-state index contributed by atoms with van der Waals surface area (Å²) in [6.07, 6.45) is -0.674. The Hall–Kier alpha value is -1.85. The molecule has 106 valence electrons. The number of methoxy groups -OCH3 is 1. The number of fused-ring (bicyclic) bond motifs is 1. The highest BCUT2D eigenvalue weighted by Gasteiger charge is 2.52. The van der Waals surface area contributed by atoms with Crippen molar-refractivity contribution >= 4 is 11.0 Å². The Morgan fingerprint density at radius 2 is 1.95 bits per heavy atom. The summed E-state index contributed by atoms with van der Waals surface area (Å²) >= 11 is 0. The monoisotopic (exact) mass is 276 g/mol. The summed E-state index contributed by atoms with van der Waals surface area (Å²) < 4.78 is 16.2. The summed E-state index contributed by atoms with van der Waals surface area (Å²) in [5.41, 5.74) is -0.261. The minimum absolute atomic E-state index is 0.334. The van der Waals surface area contributed by atoms with Crippen LogP contribution in [0.2, 0.25) is 0 Å². The van der Waals surface area contributed by atoms with Crippen molar-refractivity contribution in [1.29, 1.82) is 0 Å². The maximum Gasteiger partial charge on any atom is 0.336 e. The molecule has 1 aliphatic rings. The van der Waals surface area contributed by atoms with Crippen LogP contribution in [-0.4, -0.2) is 23.9 Å². The van der Waals surface area contributed by atoms with Gasteiger partial charge in [-0.05, 0) is 32.0 Å². The van der Waals surface area contributed by atoms with E-state index in [2.05, 4.69) is 0 Å². The van der Waals surface area contributed by atoms with E-state index in [1.54, 1.807) is 33.1 Å². The molecule has 0 spiro atoms. The Kier molecular flexibility index (Phi) is 2.84. The zero-order valence-electron chi connectivity index (χ0n) is 11.5. The van der Waals surface area contributed by atoms with Crippen molar-refractivity contribution in [2.75, 3.05) is 7.11 Å². The van der Waals surface area contributed by atoms with E-state index >= 15 is 0 Å². The summed E-state index contributed by atoms with van der Waals surface area (Å²) in [4.78, 5) is 11.5. The Bertz CT molecular complexity index is 710. The number of ether oxygens (including phenoxy) is 2. The number of rotatable bonds is 3. The molecule has 2 atom stereocenters. The first-order valence-electron chi connectivity index (χ1n) is 6.40. The normalized spacial score (nSPS) is 22.0. The van der Waals surface area contributed by atoms with Gasteiger partial charge in [0.05, 0.1) is 18.3 Å². The molecule has 0 radical (unpaired) electrons. The van der Waals surface area contributed by atoms with E-state index in [0.717, 1.165) is 5.39 Å². The maximum atomic E-state index is 11.5. The number of hydrogen-bond acceptors (Lipinski definition) is 5. The van der Waals surface area contributed by atoms with Gasteiger partial charge in [0, 0.05) is 11.5 Å². The van der Waals surface area contributed by atoms with Gasteiger partial charge in [0.2, 0.25) is 0 Å². The Balaban J connectivity index is 2.18. The summed E-state index contributed by atoms with van der Waals surface area (Å²) in [6.45, 7) is 3.37. The lowest BCUT2D eigenvalue weighted by Gasteiger charge is -2.14. The highest BCUT2D eigenvalue weighted by molar-refractivity contribution is 5.83. The van der Waals surface area contributed by atoms with E-state index in [1.165, 1.54) is 6.07 Å². The van der Waals surface area contributed by atoms with Gasteiger partial charge in [0.25, 0.3) is 0 Å². The van der Waals surface area contributed by atoms with Crippen LogP contribution in [-0.2, 0) is 4.74 Å². The van der Waals surface area contributed by atoms with Crippen molar-refractivity contribution in [3.8, 4) is 5.75 Å². The van der Waals surface area contributed by atoms with Crippen molar-refractivity contribution in [3.05, 3.63) is 40.2 Å². The van der Waals surface area contributed by atoms with Crippen LogP contribution in [0.5, 0.6) is 5.75 Å². The highest BCUT2D eigenvalue weighted by Crippen LogP contribution is 2.49. The molecule has 0 aliphatic carbocycles. The summed E-state index contributed by atoms with van der Waals surface area (Å²) in [7, 11) is 1.55. The van der Waals surface area contributed by atoms with Gasteiger partial charge < -0.3 is 19.0 Å². The third kappa shape index (κ3) is 2.09. The molecule has 2 heterocycles. The average molecular weight is 276 g/mol. The lowest BCUT2D eigenvalue weighted by atomic mass is 9.97. The van der Waals surface area contributed by atoms with Crippen LogP contribution < -0.4 is 10.4 Å². The fourth-order valence-electron chi connectivity index (χ4n) is 2.45. The second kappa shape index (κ2) is 4.33. The zero-order valence-corrected chi connectivity index (χ0v) is 11.5. The molecule has 0 unspecified atom stereocenters. The largest absolute Gasteiger partial charge is 0.496 e. The van der Waals surface area contributed by atoms with Crippen LogP contribution in [0, 0.1) is 0 Å². The van der Waals surface area contributed by atoms with Crippen LogP contribution >= 0.6 is 0 Å². The van der Waals surface area contributed by atoms with E-state index < -0.39 is 11.2 Å². The molecular formula is C15H16O5. The molecule has 1 fully saturated rings. The Labute approximate surface area is 115 Å². The minimum atomic E-state index is -0.965. The number of aliphatic hydroxyl groups is 1.